The third-order valence-corrected chi connectivity index (χ3v) is 5.15. The van der Waals surface area contributed by atoms with E-state index in [0.29, 0.717) is 42.0 Å². The van der Waals surface area contributed by atoms with E-state index in [1.54, 1.807) is 42.8 Å². The third-order valence-electron chi connectivity index (χ3n) is 5.15. The Balaban J connectivity index is 1.54. The fourth-order valence-corrected chi connectivity index (χ4v) is 3.39. The number of ether oxygens (including phenoxy) is 1. The molecule has 0 aliphatic carbocycles. The molecule has 0 saturated carbocycles. The molecule has 0 saturated heterocycles. The first kappa shape index (κ1) is 22.7. The Bertz CT molecular complexity index is 1130. The number of nitro groups is 1. The number of esters is 1. The number of aromatic nitrogens is 2. The van der Waals surface area contributed by atoms with Crippen LogP contribution in [-0.2, 0) is 17.7 Å². The second-order valence-electron chi connectivity index (χ2n) is 7.33. The SMILES string of the molecule is COC(=O)c1ccc(CCNC(=O)c2ccc(Cn3nc(C)c([N+](=O)[O-])c3C)cc2)cc1. The van der Waals surface area contributed by atoms with Gasteiger partial charge >= 0.3 is 11.7 Å². The van der Waals surface area contributed by atoms with Crippen LogP contribution in [0.4, 0.5) is 5.69 Å². The molecule has 1 amide bonds. The van der Waals surface area contributed by atoms with Crippen molar-refractivity contribution in [3.05, 3.63) is 92.3 Å². The van der Waals surface area contributed by atoms with Gasteiger partial charge < -0.3 is 10.1 Å². The van der Waals surface area contributed by atoms with Crippen molar-refractivity contribution in [3.63, 3.8) is 0 Å². The molecule has 32 heavy (non-hydrogen) atoms. The molecule has 2 aromatic carbocycles. The molecular formula is C23H24N4O5. The van der Waals surface area contributed by atoms with E-state index in [1.807, 2.05) is 24.3 Å². The van der Waals surface area contributed by atoms with Gasteiger partial charge in [-0.3, -0.25) is 19.6 Å². The first-order valence-electron chi connectivity index (χ1n) is 10.0. The van der Waals surface area contributed by atoms with Gasteiger partial charge in [-0.15, -0.1) is 0 Å². The van der Waals surface area contributed by atoms with E-state index in [-0.39, 0.29) is 17.6 Å². The number of benzene rings is 2. The van der Waals surface area contributed by atoms with E-state index in [4.69, 9.17) is 0 Å². The molecule has 166 valence electrons. The van der Waals surface area contributed by atoms with Gasteiger partial charge in [0.15, 0.2) is 0 Å². The summed E-state index contributed by atoms with van der Waals surface area (Å²) in [5.74, 6) is -0.575. The molecule has 0 bridgehead atoms. The maximum absolute atomic E-state index is 12.4. The molecule has 1 heterocycles. The van der Waals surface area contributed by atoms with Gasteiger partial charge in [0.05, 0.1) is 24.1 Å². The van der Waals surface area contributed by atoms with Crippen molar-refractivity contribution in [2.75, 3.05) is 13.7 Å². The van der Waals surface area contributed by atoms with Crippen molar-refractivity contribution in [2.24, 2.45) is 0 Å². The zero-order valence-corrected chi connectivity index (χ0v) is 18.1. The Hall–Kier alpha value is -4.01. The molecule has 0 fully saturated rings. The molecule has 9 nitrogen and oxygen atoms in total. The number of carbonyl (C=O) groups is 2. The molecule has 0 radical (unpaired) electrons. The molecule has 9 heteroatoms. The van der Waals surface area contributed by atoms with Gasteiger partial charge in [-0.05, 0) is 55.7 Å². The summed E-state index contributed by atoms with van der Waals surface area (Å²) in [5, 5.41) is 18.3. The highest BCUT2D eigenvalue weighted by Gasteiger charge is 2.21. The van der Waals surface area contributed by atoms with Crippen molar-refractivity contribution in [1.29, 1.82) is 0 Å². The molecule has 0 atom stereocenters. The lowest BCUT2D eigenvalue weighted by Gasteiger charge is -2.08. The average molecular weight is 436 g/mol. The van der Waals surface area contributed by atoms with Crippen molar-refractivity contribution < 1.29 is 19.2 Å². The van der Waals surface area contributed by atoms with Crippen LogP contribution in [0.2, 0.25) is 0 Å². The monoisotopic (exact) mass is 436 g/mol. The molecule has 1 N–H and O–H groups in total. The zero-order valence-electron chi connectivity index (χ0n) is 18.1. The molecule has 0 spiro atoms. The average Bonchev–Trinajstić information content (AvgIpc) is 3.06. The van der Waals surface area contributed by atoms with Crippen molar-refractivity contribution in [1.82, 2.24) is 15.1 Å². The molecule has 3 rings (SSSR count). The predicted octanol–water partition coefficient (Wildman–Crippen LogP) is 3.22. The Labute approximate surface area is 185 Å². The minimum absolute atomic E-state index is 0.0286. The van der Waals surface area contributed by atoms with Gasteiger partial charge in [0.25, 0.3) is 5.91 Å². The lowest BCUT2D eigenvalue weighted by Crippen LogP contribution is -2.25. The second kappa shape index (κ2) is 9.86. The standard InChI is InChI=1S/C23H24N4O5/c1-15-21(27(30)31)16(2)26(25-15)14-18-6-8-19(9-7-18)22(28)24-13-12-17-4-10-20(11-5-17)23(29)32-3/h4-11H,12-14H2,1-3H3,(H,24,28). The Kier molecular flexibility index (Phi) is 6.99. The topological polar surface area (TPSA) is 116 Å². The third kappa shape index (κ3) is 5.18. The summed E-state index contributed by atoms with van der Waals surface area (Å²) in [6.45, 7) is 4.11. The zero-order chi connectivity index (χ0) is 23.3. The summed E-state index contributed by atoms with van der Waals surface area (Å²) in [6, 6.07) is 14.1. The van der Waals surface area contributed by atoms with E-state index < -0.39 is 4.92 Å². The minimum Gasteiger partial charge on any atom is -0.465 e. The number of carbonyl (C=O) groups excluding carboxylic acids is 2. The summed E-state index contributed by atoms with van der Waals surface area (Å²) < 4.78 is 6.26. The van der Waals surface area contributed by atoms with E-state index >= 15 is 0 Å². The molecule has 0 aliphatic heterocycles. The van der Waals surface area contributed by atoms with Gasteiger partial charge in [0.2, 0.25) is 0 Å². The van der Waals surface area contributed by atoms with Gasteiger partial charge in [-0.1, -0.05) is 24.3 Å². The maximum atomic E-state index is 12.4. The molecule has 1 aromatic heterocycles. The Morgan fingerprint density at radius 2 is 1.62 bits per heavy atom. The second-order valence-corrected chi connectivity index (χ2v) is 7.33. The van der Waals surface area contributed by atoms with E-state index in [2.05, 4.69) is 15.2 Å². The van der Waals surface area contributed by atoms with Gasteiger partial charge in [0, 0.05) is 12.1 Å². The van der Waals surface area contributed by atoms with Crippen LogP contribution in [0, 0.1) is 24.0 Å². The van der Waals surface area contributed by atoms with Crippen LogP contribution in [0.5, 0.6) is 0 Å². The van der Waals surface area contributed by atoms with Crippen molar-refractivity contribution in [3.8, 4) is 0 Å². The molecule has 0 unspecified atom stereocenters. The Morgan fingerprint density at radius 3 is 2.19 bits per heavy atom. The van der Waals surface area contributed by atoms with E-state index in [0.717, 1.165) is 11.1 Å². The number of nitrogens with one attached hydrogen (secondary N) is 1. The predicted molar refractivity (Wildman–Crippen MR) is 118 cm³/mol. The van der Waals surface area contributed by atoms with Gasteiger partial charge in [0.1, 0.15) is 11.4 Å². The highest BCUT2D eigenvalue weighted by Crippen LogP contribution is 2.22. The van der Waals surface area contributed by atoms with E-state index in [9.17, 15) is 19.7 Å². The van der Waals surface area contributed by atoms with Crippen LogP contribution in [-0.4, -0.2) is 40.2 Å². The number of amides is 1. The van der Waals surface area contributed by atoms with Crippen molar-refractivity contribution >= 4 is 17.6 Å². The highest BCUT2D eigenvalue weighted by atomic mass is 16.6. The summed E-state index contributed by atoms with van der Waals surface area (Å²) in [6.07, 6.45) is 0.627. The summed E-state index contributed by atoms with van der Waals surface area (Å²) in [4.78, 5) is 34.6. The molecular weight excluding hydrogens is 412 g/mol. The Morgan fingerprint density at radius 1 is 1.03 bits per heavy atom. The molecule has 3 aromatic rings. The summed E-state index contributed by atoms with van der Waals surface area (Å²) >= 11 is 0. The quantitative estimate of drug-likeness (QED) is 0.329. The molecule has 0 aliphatic rings. The van der Waals surface area contributed by atoms with Gasteiger partial charge in [-0.2, -0.15) is 5.10 Å². The van der Waals surface area contributed by atoms with Crippen LogP contribution in [0.15, 0.2) is 48.5 Å². The van der Waals surface area contributed by atoms with Crippen LogP contribution < -0.4 is 5.32 Å². The van der Waals surface area contributed by atoms with Crippen LogP contribution in [0.3, 0.4) is 0 Å². The van der Waals surface area contributed by atoms with E-state index in [1.165, 1.54) is 7.11 Å². The smallest absolute Gasteiger partial charge is 0.337 e. The first-order chi connectivity index (χ1) is 15.3. The maximum Gasteiger partial charge on any atom is 0.337 e. The fourth-order valence-electron chi connectivity index (χ4n) is 3.39. The highest BCUT2D eigenvalue weighted by molar-refractivity contribution is 5.94. The summed E-state index contributed by atoms with van der Waals surface area (Å²) in [5.41, 5.74) is 3.78. The minimum atomic E-state index is -0.422. The fraction of sp³-hybridized carbons (Fsp3) is 0.261. The number of rotatable bonds is 8. The van der Waals surface area contributed by atoms with Crippen LogP contribution in [0.1, 0.15) is 43.2 Å². The lowest BCUT2D eigenvalue weighted by molar-refractivity contribution is -0.386. The number of methoxy groups -OCH3 is 1. The number of nitrogens with zero attached hydrogens (tertiary/aromatic N) is 3. The normalized spacial score (nSPS) is 10.6. The number of aryl methyl sites for hydroxylation is 1. The lowest BCUT2D eigenvalue weighted by atomic mass is 10.1. The van der Waals surface area contributed by atoms with Crippen LogP contribution >= 0.6 is 0 Å². The number of hydrogen-bond donors (Lipinski definition) is 1. The first-order valence-corrected chi connectivity index (χ1v) is 10.0. The van der Waals surface area contributed by atoms with Crippen LogP contribution in [0.25, 0.3) is 0 Å². The van der Waals surface area contributed by atoms with Gasteiger partial charge in [-0.25, -0.2) is 4.79 Å². The number of hydrogen-bond acceptors (Lipinski definition) is 6. The largest absolute Gasteiger partial charge is 0.465 e. The summed E-state index contributed by atoms with van der Waals surface area (Å²) in [7, 11) is 1.34. The van der Waals surface area contributed by atoms with Crippen molar-refractivity contribution in [2.45, 2.75) is 26.8 Å².